The van der Waals surface area contributed by atoms with Gasteiger partial charge in [0.1, 0.15) is 0 Å². The van der Waals surface area contributed by atoms with Gasteiger partial charge in [-0.1, -0.05) is 13.0 Å². The van der Waals surface area contributed by atoms with E-state index < -0.39 is 21.9 Å². The van der Waals surface area contributed by atoms with Gasteiger partial charge in [0.2, 0.25) is 10.0 Å². The number of sulfonamides is 1. The van der Waals surface area contributed by atoms with Gasteiger partial charge in [0.15, 0.2) is 0 Å². The second-order valence-corrected chi connectivity index (χ2v) is 9.01. The van der Waals surface area contributed by atoms with E-state index in [-0.39, 0.29) is 29.4 Å². The number of carboxylic acids is 1. The lowest BCUT2D eigenvalue weighted by Crippen LogP contribution is -2.39. The van der Waals surface area contributed by atoms with Crippen LogP contribution in [-0.2, 0) is 14.8 Å². The highest BCUT2D eigenvalue weighted by Gasteiger charge is 2.36. The van der Waals surface area contributed by atoms with Gasteiger partial charge in [-0.05, 0) is 50.3 Å². The third kappa shape index (κ3) is 4.24. The van der Waals surface area contributed by atoms with E-state index in [1.807, 2.05) is 0 Å². The SMILES string of the molecule is Cc1ccc(S(=O)(=O)NC2CC2)cc1C(=O)N(CC(C)C(=O)O)C1CC1. The smallest absolute Gasteiger partial charge is 0.308 e. The Morgan fingerprint density at radius 1 is 1.27 bits per heavy atom. The van der Waals surface area contributed by atoms with Crippen molar-refractivity contribution in [3.05, 3.63) is 29.3 Å². The highest BCUT2D eigenvalue weighted by atomic mass is 32.2. The maximum Gasteiger partial charge on any atom is 0.308 e. The molecule has 0 aliphatic heterocycles. The van der Waals surface area contributed by atoms with Crippen LogP contribution in [0.1, 0.15) is 48.5 Å². The zero-order valence-electron chi connectivity index (χ0n) is 14.9. The molecule has 26 heavy (non-hydrogen) atoms. The lowest BCUT2D eigenvalue weighted by molar-refractivity contribution is -0.141. The van der Waals surface area contributed by atoms with Crippen molar-refractivity contribution in [2.45, 2.75) is 56.5 Å². The van der Waals surface area contributed by atoms with Gasteiger partial charge in [-0.3, -0.25) is 9.59 Å². The molecular weight excluding hydrogens is 356 g/mol. The minimum Gasteiger partial charge on any atom is -0.481 e. The Hall–Kier alpha value is -1.93. The van der Waals surface area contributed by atoms with Crippen molar-refractivity contribution < 1.29 is 23.1 Å². The largest absolute Gasteiger partial charge is 0.481 e. The quantitative estimate of drug-likeness (QED) is 0.715. The summed E-state index contributed by atoms with van der Waals surface area (Å²) < 4.78 is 27.5. The third-order valence-electron chi connectivity index (χ3n) is 4.79. The molecule has 142 valence electrons. The van der Waals surface area contributed by atoms with Crippen molar-refractivity contribution >= 4 is 21.9 Å². The zero-order chi connectivity index (χ0) is 19.1. The Morgan fingerprint density at radius 2 is 1.92 bits per heavy atom. The first-order valence-electron chi connectivity index (χ1n) is 8.86. The maximum atomic E-state index is 13.0. The van der Waals surface area contributed by atoms with Crippen molar-refractivity contribution in [3.8, 4) is 0 Å². The van der Waals surface area contributed by atoms with Gasteiger partial charge < -0.3 is 10.0 Å². The van der Waals surface area contributed by atoms with Gasteiger partial charge in [0.05, 0.1) is 10.8 Å². The number of nitrogens with one attached hydrogen (secondary N) is 1. The molecule has 0 spiro atoms. The summed E-state index contributed by atoms with van der Waals surface area (Å²) in [5, 5.41) is 9.16. The fraction of sp³-hybridized carbons (Fsp3) is 0.556. The fourth-order valence-corrected chi connectivity index (χ4v) is 4.13. The molecule has 0 saturated heterocycles. The van der Waals surface area contributed by atoms with E-state index in [2.05, 4.69) is 4.72 Å². The molecule has 3 rings (SSSR count). The number of carboxylic acid groups (broad SMARTS) is 1. The second-order valence-electron chi connectivity index (χ2n) is 7.30. The van der Waals surface area contributed by atoms with Crippen LogP contribution in [0.15, 0.2) is 23.1 Å². The van der Waals surface area contributed by atoms with Crippen LogP contribution in [0.3, 0.4) is 0 Å². The summed E-state index contributed by atoms with van der Waals surface area (Å²) in [5.41, 5.74) is 0.988. The number of aliphatic carboxylic acids is 1. The van der Waals surface area contributed by atoms with Crippen LogP contribution in [0.2, 0.25) is 0 Å². The molecule has 0 bridgehead atoms. The third-order valence-corrected chi connectivity index (χ3v) is 6.31. The number of amides is 1. The number of nitrogens with zero attached hydrogens (tertiary/aromatic N) is 1. The number of carbonyl (C=O) groups is 2. The Morgan fingerprint density at radius 3 is 2.46 bits per heavy atom. The number of benzene rings is 1. The molecule has 0 aromatic heterocycles. The number of carbonyl (C=O) groups excluding carboxylic acids is 1. The van der Waals surface area contributed by atoms with Gasteiger partial charge in [-0.25, -0.2) is 13.1 Å². The fourth-order valence-electron chi connectivity index (χ4n) is 2.80. The van der Waals surface area contributed by atoms with Crippen LogP contribution in [0.5, 0.6) is 0 Å². The number of aryl methyl sites for hydroxylation is 1. The van der Waals surface area contributed by atoms with E-state index in [0.29, 0.717) is 11.1 Å². The van der Waals surface area contributed by atoms with E-state index in [1.54, 1.807) is 24.8 Å². The summed E-state index contributed by atoms with van der Waals surface area (Å²) in [4.78, 5) is 25.9. The maximum absolute atomic E-state index is 13.0. The molecule has 1 amide bonds. The van der Waals surface area contributed by atoms with E-state index in [9.17, 15) is 18.0 Å². The first-order chi connectivity index (χ1) is 12.2. The van der Waals surface area contributed by atoms with Crippen LogP contribution in [0.4, 0.5) is 0 Å². The zero-order valence-corrected chi connectivity index (χ0v) is 15.8. The van der Waals surface area contributed by atoms with Crippen LogP contribution >= 0.6 is 0 Å². The molecule has 2 saturated carbocycles. The monoisotopic (exact) mass is 380 g/mol. The molecule has 0 radical (unpaired) electrons. The summed E-state index contributed by atoms with van der Waals surface area (Å²) in [5.74, 6) is -1.94. The Bertz CT molecular complexity index is 828. The van der Waals surface area contributed by atoms with Crippen molar-refractivity contribution in [1.82, 2.24) is 9.62 Å². The van der Waals surface area contributed by atoms with Crippen LogP contribution in [0.25, 0.3) is 0 Å². The van der Waals surface area contributed by atoms with Crippen LogP contribution in [-0.4, -0.2) is 48.9 Å². The molecule has 8 heteroatoms. The summed E-state index contributed by atoms with van der Waals surface area (Å²) in [6, 6.07) is 4.55. The Labute approximate surface area is 153 Å². The van der Waals surface area contributed by atoms with Gasteiger partial charge >= 0.3 is 5.97 Å². The normalized spacial score (nSPS) is 18.4. The summed E-state index contributed by atoms with van der Waals surface area (Å²) in [7, 11) is -3.65. The van der Waals surface area contributed by atoms with Gasteiger partial charge in [0.25, 0.3) is 5.91 Å². The number of rotatable bonds is 8. The highest BCUT2D eigenvalue weighted by Crippen LogP contribution is 2.30. The standard InChI is InChI=1S/C18H24N2O5S/c1-11-3-8-15(26(24,25)19-13-4-5-13)9-16(11)17(21)20(14-6-7-14)10-12(2)18(22)23/h3,8-9,12-14,19H,4-7,10H2,1-2H3,(H,22,23). The van der Waals surface area contributed by atoms with Crippen LogP contribution in [0, 0.1) is 12.8 Å². The first-order valence-corrected chi connectivity index (χ1v) is 10.3. The van der Waals surface area contributed by atoms with Gasteiger partial charge in [-0.2, -0.15) is 0 Å². The molecule has 1 aromatic carbocycles. The van der Waals surface area contributed by atoms with E-state index in [0.717, 1.165) is 25.7 Å². The molecular formula is C18H24N2O5S. The molecule has 2 N–H and O–H groups in total. The molecule has 1 atom stereocenters. The van der Waals surface area contributed by atoms with Crippen molar-refractivity contribution in [3.63, 3.8) is 0 Å². The lowest BCUT2D eigenvalue weighted by Gasteiger charge is -2.25. The summed E-state index contributed by atoms with van der Waals surface area (Å²) in [6.45, 7) is 3.44. The molecule has 0 heterocycles. The van der Waals surface area contributed by atoms with Gasteiger partial charge in [0, 0.05) is 24.2 Å². The number of hydrogen-bond acceptors (Lipinski definition) is 4. The van der Waals surface area contributed by atoms with Crippen molar-refractivity contribution in [2.24, 2.45) is 5.92 Å². The molecule has 2 aliphatic rings. The molecule has 7 nitrogen and oxygen atoms in total. The average Bonchev–Trinajstić information content (AvgIpc) is 3.46. The predicted octanol–water partition coefficient (Wildman–Crippen LogP) is 1.76. The van der Waals surface area contributed by atoms with E-state index in [1.165, 1.54) is 12.1 Å². The first kappa shape index (κ1) is 18.8. The lowest BCUT2D eigenvalue weighted by atomic mass is 10.1. The van der Waals surface area contributed by atoms with E-state index in [4.69, 9.17) is 5.11 Å². The second kappa shape index (κ2) is 7.00. The molecule has 1 aromatic rings. The Kier molecular flexibility index (Phi) is 5.07. The highest BCUT2D eigenvalue weighted by molar-refractivity contribution is 7.89. The van der Waals surface area contributed by atoms with Crippen molar-refractivity contribution in [1.29, 1.82) is 0 Å². The number of hydrogen-bond donors (Lipinski definition) is 2. The predicted molar refractivity (Wildman–Crippen MR) is 95.4 cm³/mol. The minimum atomic E-state index is -3.65. The molecule has 2 fully saturated rings. The summed E-state index contributed by atoms with van der Waals surface area (Å²) in [6.07, 6.45) is 3.36. The van der Waals surface area contributed by atoms with E-state index >= 15 is 0 Å². The van der Waals surface area contributed by atoms with Crippen LogP contribution < -0.4 is 4.72 Å². The minimum absolute atomic E-state index is 0.0140. The molecule has 2 aliphatic carbocycles. The topological polar surface area (TPSA) is 104 Å². The average molecular weight is 380 g/mol. The Balaban J connectivity index is 1.87. The van der Waals surface area contributed by atoms with Crippen molar-refractivity contribution in [2.75, 3.05) is 6.54 Å². The van der Waals surface area contributed by atoms with Gasteiger partial charge in [-0.15, -0.1) is 0 Å². The summed E-state index contributed by atoms with van der Waals surface area (Å²) >= 11 is 0. The molecule has 1 unspecified atom stereocenters.